The van der Waals surface area contributed by atoms with Crippen LogP contribution in [0.5, 0.6) is 5.75 Å². The van der Waals surface area contributed by atoms with Gasteiger partial charge in [-0.3, -0.25) is 0 Å². The lowest BCUT2D eigenvalue weighted by molar-refractivity contribution is 0.288. The zero-order valence-corrected chi connectivity index (χ0v) is 9.40. The summed E-state index contributed by atoms with van der Waals surface area (Å²) in [4.78, 5) is 0. The average Bonchev–Trinajstić information content (AvgIpc) is 2.18. The van der Waals surface area contributed by atoms with Gasteiger partial charge in [-0.1, -0.05) is 13.3 Å². The van der Waals surface area contributed by atoms with Gasteiger partial charge in [0.1, 0.15) is 0 Å². The van der Waals surface area contributed by atoms with E-state index in [4.69, 9.17) is 4.74 Å². The highest BCUT2D eigenvalue weighted by Gasteiger charge is 2.12. The zero-order valence-electron chi connectivity index (χ0n) is 7.82. The Morgan fingerprint density at radius 1 is 1.29 bits per heavy atom. The molecule has 0 bridgehead atoms. The zero-order chi connectivity index (χ0) is 10.6. The molecule has 0 spiro atoms. The molecule has 14 heavy (non-hydrogen) atoms. The summed E-state index contributed by atoms with van der Waals surface area (Å²) in [7, 11) is 0. The summed E-state index contributed by atoms with van der Waals surface area (Å²) in [5.41, 5.74) is 0. The largest absolute Gasteiger partial charge is 0.490 e. The van der Waals surface area contributed by atoms with E-state index in [0.29, 0.717) is 6.61 Å². The Hall–Kier alpha value is -0.640. The van der Waals surface area contributed by atoms with Crippen LogP contribution >= 0.6 is 15.9 Å². The van der Waals surface area contributed by atoms with Crippen molar-refractivity contribution in [3.63, 3.8) is 0 Å². The molecule has 4 heteroatoms. The van der Waals surface area contributed by atoms with Crippen molar-refractivity contribution in [3.05, 3.63) is 28.2 Å². The van der Waals surface area contributed by atoms with Gasteiger partial charge < -0.3 is 4.74 Å². The molecule has 0 fully saturated rings. The number of halogens is 3. The van der Waals surface area contributed by atoms with Crippen molar-refractivity contribution in [1.29, 1.82) is 0 Å². The number of unbranched alkanes of at least 4 members (excludes halogenated alkanes) is 1. The Kier molecular flexibility index (Phi) is 4.32. The number of hydrogen-bond donors (Lipinski definition) is 0. The molecule has 0 unspecified atom stereocenters. The molecule has 0 aliphatic heterocycles. The minimum atomic E-state index is -0.935. The molecule has 0 N–H and O–H groups in total. The van der Waals surface area contributed by atoms with E-state index in [-0.39, 0.29) is 10.2 Å². The van der Waals surface area contributed by atoms with Gasteiger partial charge in [0.2, 0.25) is 5.82 Å². The van der Waals surface area contributed by atoms with Crippen LogP contribution in [0.1, 0.15) is 19.8 Å². The van der Waals surface area contributed by atoms with Gasteiger partial charge in [0.15, 0.2) is 11.6 Å². The molecule has 0 aliphatic rings. The topological polar surface area (TPSA) is 9.23 Å². The van der Waals surface area contributed by atoms with Crippen molar-refractivity contribution >= 4 is 15.9 Å². The first-order valence-corrected chi connectivity index (χ1v) is 5.22. The van der Waals surface area contributed by atoms with Crippen molar-refractivity contribution in [1.82, 2.24) is 0 Å². The summed E-state index contributed by atoms with van der Waals surface area (Å²) < 4.78 is 31.3. The van der Waals surface area contributed by atoms with Gasteiger partial charge in [-0.2, -0.15) is 4.39 Å². The van der Waals surface area contributed by atoms with Gasteiger partial charge in [0, 0.05) is 0 Å². The van der Waals surface area contributed by atoms with Gasteiger partial charge >= 0.3 is 0 Å². The van der Waals surface area contributed by atoms with Crippen LogP contribution in [-0.2, 0) is 0 Å². The Balaban J connectivity index is 2.73. The summed E-state index contributed by atoms with van der Waals surface area (Å²) in [5.74, 6) is -1.87. The molecule has 0 atom stereocenters. The fourth-order valence-corrected chi connectivity index (χ4v) is 1.25. The first-order valence-electron chi connectivity index (χ1n) is 4.43. The van der Waals surface area contributed by atoms with Gasteiger partial charge in [0.25, 0.3) is 0 Å². The van der Waals surface area contributed by atoms with Crippen LogP contribution < -0.4 is 4.74 Å². The highest BCUT2D eigenvalue weighted by atomic mass is 79.9. The highest BCUT2D eigenvalue weighted by Crippen LogP contribution is 2.25. The van der Waals surface area contributed by atoms with Gasteiger partial charge in [0.05, 0.1) is 11.1 Å². The van der Waals surface area contributed by atoms with Gasteiger partial charge in [-0.15, -0.1) is 0 Å². The van der Waals surface area contributed by atoms with Crippen LogP contribution in [-0.4, -0.2) is 6.61 Å². The van der Waals surface area contributed by atoms with E-state index in [1.54, 1.807) is 0 Å². The standard InChI is InChI=1S/C10H11BrF2O/c1-2-3-6-14-8-5-4-7(11)9(12)10(8)13/h4-5H,2-3,6H2,1H3. The van der Waals surface area contributed by atoms with Crippen molar-refractivity contribution in [2.45, 2.75) is 19.8 Å². The molecule has 0 aliphatic carbocycles. The summed E-state index contributed by atoms with van der Waals surface area (Å²) in [6, 6.07) is 2.85. The van der Waals surface area contributed by atoms with Crippen molar-refractivity contribution in [2.75, 3.05) is 6.61 Å². The molecule has 0 heterocycles. The average molecular weight is 265 g/mol. The third kappa shape index (κ3) is 2.67. The van der Waals surface area contributed by atoms with Crippen LogP contribution in [0, 0.1) is 11.6 Å². The lowest BCUT2D eigenvalue weighted by Gasteiger charge is -2.07. The van der Waals surface area contributed by atoms with Gasteiger partial charge in [-0.25, -0.2) is 4.39 Å². The van der Waals surface area contributed by atoms with Crippen molar-refractivity contribution in [3.8, 4) is 5.75 Å². The molecule has 0 radical (unpaired) electrons. The Labute approximate surface area is 90.2 Å². The van der Waals surface area contributed by atoms with E-state index < -0.39 is 11.6 Å². The molecule has 78 valence electrons. The number of benzene rings is 1. The molecule has 1 aromatic carbocycles. The van der Waals surface area contributed by atoms with E-state index >= 15 is 0 Å². The summed E-state index contributed by atoms with van der Waals surface area (Å²) in [6.07, 6.45) is 1.79. The predicted molar refractivity (Wildman–Crippen MR) is 54.5 cm³/mol. The van der Waals surface area contributed by atoms with Crippen LogP contribution in [0.4, 0.5) is 8.78 Å². The quantitative estimate of drug-likeness (QED) is 0.592. The SMILES string of the molecule is CCCCOc1ccc(Br)c(F)c1F. The second-order valence-corrected chi connectivity index (χ2v) is 3.73. The van der Waals surface area contributed by atoms with Gasteiger partial charge in [-0.05, 0) is 34.5 Å². The van der Waals surface area contributed by atoms with E-state index in [2.05, 4.69) is 15.9 Å². The third-order valence-electron chi connectivity index (χ3n) is 1.76. The summed E-state index contributed by atoms with van der Waals surface area (Å²) in [5, 5.41) is 0. The maximum atomic E-state index is 13.2. The second-order valence-electron chi connectivity index (χ2n) is 2.88. The fraction of sp³-hybridized carbons (Fsp3) is 0.400. The lowest BCUT2D eigenvalue weighted by atomic mass is 10.3. The second kappa shape index (κ2) is 5.29. The highest BCUT2D eigenvalue weighted by molar-refractivity contribution is 9.10. The van der Waals surface area contributed by atoms with E-state index in [9.17, 15) is 8.78 Å². The molecule has 0 amide bonds. The maximum Gasteiger partial charge on any atom is 0.201 e. The molecule has 1 aromatic rings. The first kappa shape index (κ1) is 11.4. The molecular formula is C10H11BrF2O. The Morgan fingerprint density at radius 3 is 2.64 bits per heavy atom. The van der Waals surface area contributed by atoms with E-state index in [0.717, 1.165) is 12.8 Å². The van der Waals surface area contributed by atoms with Crippen LogP contribution in [0.25, 0.3) is 0 Å². The summed E-state index contributed by atoms with van der Waals surface area (Å²) in [6.45, 7) is 2.41. The number of ether oxygens (including phenoxy) is 1. The lowest BCUT2D eigenvalue weighted by Crippen LogP contribution is -2.00. The maximum absolute atomic E-state index is 13.2. The number of hydrogen-bond acceptors (Lipinski definition) is 1. The third-order valence-corrected chi connectivity index (χ3v) is 2.37. The van der Waals surface area contributed by atoms with E-state index in [1.807, 2.05) is 6.92 Å². The Bertz CT molecular complexity index is 315. The molecule has 0 saturated carbocycles. The number of rotatable bonds is 4. The minimum absolute atomic E-state index is 0.0286. The fourth-order valence-electron chi connectivity index (χ4n) is 0.946. The minimum Gasteiger partial charge on any atom is -0.490 e. The molecule has 1 rings (SSSR count). The smallest absolute Gasteiger partial charge is 0.201 e. The Morgan fingerprint density at radius 2 is 2.00 bits per heavy atom. The molecule has 1 nitrogen and oxygen atoms in total. The van der Waals surface area contributed by atoms with E-state index in [1.165, 1.54) is 12.1 Å². The summed E-state index contributed by atoms with van der Waals surface area (Å²) >= 11 is 2.89. The predicted octanol–water partition coefficient (Wildman–Crippen LogP) is 3.91. The van der Waals surface area contributed by atoms with Crippen LogP contribution in [0.2, 0.25) is 0 Å². The molecular weight excluding hydrogens is 254 g/mol. The molecule has 0 aromatic heterocycles. The van der Waals surface area contributed by atoms with Crippen molar-refractivity contribution in [2.24, 2.45) is 0 Å². The monoisotopic (exact) mass is 264 g/mol. The molecule has 0 saturated heterocycles. The van der Waals surface area contributed by atoms with Crippen LogP contribution in [0.3, 0.4) is 0 Å². The normalized spacial score (nSPS) is 10.3. The van der Waals surface area contributed by atoms with Crippen molar-refractivity contribution < 1.29 is 13.5 Å². The van der Waals surface area contributed by atoms with Crippen LogP contribution in [0.15, 0.2) is 16.6 Å². The first-order chi connectivity index (χ1) is 6.66.